The molecule has 102 valence electrons. The lowest BCUT2D eigenvalue weighted by Crippen LogP contribution is -2.07. The molecule has 0 bridgehead atoms. The second kappa shape index (κ2) is 4.93. The van der Waals surface area contributed by atoms with Crippen LogP contribution < -0.4 is 10.5 Å². The van der Waals surface area contributed by atoms with Crippen LogP contribution in [0.2, 0.25) is 0 Å². The molecule has 0 fully saturated rings. The Balaban J connectivity index is 2.39. The van der Waals surface area contributed by atoms with Gasteiger partial charge in [0.15, 0.2) is 9.84 Å². The van der Waals surface area contributed by atoms with Crippen LogP contribution in [0, 0.1) is 0 Å². The Hall–Kier alpha value is -2.02. The van der Waals surface area contributed by atoms with Crippen molar-refractivity contribution in [3.63, 3.8) is 0 Å². The normalized spacial score (nSPS) is 11.5. The van der Waals surface area contributed by atoms with Crippen LogP contribution in [0.25, 0.3) is 0 Å². The van der Waals surface area contributed by atoms with Gasteiger partial charge in [-0.3, -0.25) is 4.68 Å². The van der Waals surface area contributed by atoms with Gasteiger partial charge in [-0.05, 0) is 12.1 Å². The molecule has 0 aliphatic rings. The second-order valence-corrected chi connectivity index (χ2v) is 6.15. The second-order valence-electron chi connectivity index (χ2n) is 4.19. The summed E-state index contributed by atoms with van der Waals surface area (Å²) in [5.41, 5.74) is 6.70. The number of anilines is 1. The molecule has 2 aromatic rings. The van der Waals surface area contributed by atoms with Crippen LogP contribution in [0.15, 0.2) is 35.5 Å². The summed E-state index contributed by atoms with van der Waals surface area (Å²) < 4.78 is 31.3. The average Bonchev–Trinajstić information content (AvgIpc) is 2.73. The van der Waals surface area contributed by atoms with Crippen LogP contribution in [0.1, 0.15) is 5.56 Å². The Bertz CT molecular complexity index is 692. The van der Waals surface area contributed by atoms with E-state index in [2.05, 4.69) is 5.10 Å². The highest BCUT2D eigenvalue weighted by Crippen LogP contribution is 2.28. The van der Waals surface area contributed by atoms with Crippen LogP contribution in [-0.4, -0.2) is 25.3 Å². The van der Waals surface area contributed by atoms with E-state index in [-0.39, 0.29) is 16.4 Å². The number of aromatic nitrogens is 2. The molecule has 0 aliphatic heterocycles. The van der Waals surface area contributed by atoms with E-state index in [9.17, 15) is 8.42 Å². The fourth-order valence-electron chi connectivity index (χ4n) is 1.78. The van der Waals surface area contributed by atoms with Crippen molar-refractivity contribution in [3.8, 4) is 5.75 Å². The topological polar surface area (TPSA) is 87.2 Å². The van der Waals surface area contributed by atoms with Crippen LogP contribution >= 0.6 is 0 Å². The van der Waals surface area contributed by atoms with Crippen molar-refractivity contribution in [3.05, 3.63) is 36.2 Å². The first-order valence-corrected chi connectivity index (χ1v) is 7.21. The van der Waals surface area contributed by atoms with Crippen molar-refractivity contribution < 1.29 is 13.2 Å². The lowest BCUT2D eigenvalue weighted by Gasteiger charge is -2.09. The molecule has 2 rings (SSSR count). The van der Waals surface area contributed by atoms with E-state index in [0.717, 1.165) is 0 Å². The molecule has 2 N–H and O–H groups in total. The molecule has 7 heteroatoms. The zero-order valence-corrected chi connectivity index (χ0v) is 11.5. The zero-order chi connectivity index (χ0) is 14.0. The van der Waals surface area contributed by atoms with Crippen molar-refractivity contribution in [2.75, 3.05) is 12.8 Å². The van der Waals surface area contributed by atoms with E-state index >= 15 is 0 Å². The van der Waals surface area contributed by atoms with Crippen LogP contribution in [0.3, 0.4) is 0 Å². The predicted molar refractivity (Wildman–Crippen MR) is 71.5 cm³/mol. The maximum absolute atomic E-state index is 12.3. The van der Waals surface area contributed by atoms with Gasteiger partial charge in [-0.25, -0.2) is 8.42 Å². The molecule has 19 heavy (non-hydrogen) atoms. The van der Waals surface area contributed by atoms with Crippen molar-refractivity contribution in [1.82, 2.24) is 9.78 Å². The number of aryl methyl sites for hydroxylation is 1. The third kappa shape index (κ3) is 2.87. The number of nitrogens with two attached hydrogens (primary N) is 1. The molecular formula is C12H15N3O3S. The van der Waals surface area contributed by atoms with Crippen molar-refractivity contribution in [2.45, 2.75) is 10.6 Å². The lowest BCUT2D eigenvalue weighted by atomic mass is 10.3. The fraction of sp³-hybridized carbons (Fsp3) is 0.250. The lowest BCUT2D eigenvalue weighted by molar-refractivity contribution is 0.403. The number of nitrogens with zero attached hydrogens (tertiary/aromatic N) is 2. The zero-order valence-electron chi connectivity index (χ0n) is 10.7. The van der Waals surface area contributed by atoms with Gasteiger partial charge >= 0.3 is 0 Å². The molecule has 0 spiro atoms. The summed E-state index contributed by atoms with van der Waals surface area (Å²) in [4.78, 5) is 0.132. The summed E-state index contributed by atoms with van der Waals surface area (Å²) in [5, 5.41) is 3.95. The number of hydrogen-bond acceptors (Lipinski definition) is 5. The summed E-state index contributed by atoms with van der Waals surface area (Å²) >= 11 is 0. The monoisotopic (exact) mass is 281 g/mol. The van der Waals surface area contributed by atoms with Crippen molar-refractivity contribution >= 4 is 15.5 Å². The number of ether oxygens (including phenoxy) is 1. The maximum atomic E-state index is 12.3. The van der Waals surface area contributed by atoms with E-state index in [4.69, 9.17) is 10.5 Å². The summed E-state index contributed by atoms with van der Waals surface area (Å²) in [5.74, 6) is 0.130. The molecule has 0 aliphatic carbocycles. The van der Waals surface area contributed by atoms with E-state index in [0.29, 0.717) is 11.3 Å². The highest BCUT2D eigenvalue weighted by molar-refractivity contribution is 7.90. The minimum atomic E-state index is -3.49. The number of sulfone groups is 1. The van der Waals surface area contributed by atoms with E-state index in [1.165, 1.54) is 25.4 Å². The van der Waals surface area contributed by atoms with Gasteiger partial charge in [0, 0.05) is 30.6 Å². The van der Waals surface area contributed by atoms with Gasteiger partial charge in [-0.1, -0.05) is 0 Å². The van der Waals surface area contributed by atoms with Crippen LogP contribution in [-0.2, 0) is 22.6 Å². The largest absolute Gasteiger partial charge is 0.495 e. The Kier molecular flexibility index (Phi) is 3.48. The summed E-state index contributed by atoms with van der Waals surface area (Å²) in [7, 11) is -0.343. The molecule has 0 unspecified atom stereocenters. The first-order chi connectivity index (χ1) is 8.92. The average molecular weight is 281 g/mol. The number of hydrogen-bond donors (Lipinski definition) is 1. The highest BCUT2D eigenvalue weighted by Gasteiger charge is 2.21. The molecule has 1 aromatic carbocycles. The van der Waals surface area contributed by atoms with Gasteiger partial charge in [0.25, 0.3) is 0 Å². The number of nitrogen functional groups attached to an aromatic ring is 1. The molecule has 0 atom stereocenters. The van der Waals surface area contributed by atoms with Gasteiger partial charge < -0.3 is 10.5 Å². The molecule has 0 saturated carbocycles. The van der Waals surface area contributed by atoms with Crippen molar-refractivity contribution in [2.24, 2.45) is 7.05 Å². The number of methoxy groups -OCH3 is 1. The molecule has 1 aromatic heterocycles. The number of benzene rings is 1. The van der Waals surface area contributed by atoms with Gasteiger partial charge in [0.2, 0.25) is 0 Å². The third-order valence-corrected chi connectivity index (χ3v) is 4.36. The first kappa shape index (κ1) is 13.4. The quantitative estimate of drug-likeness (QED) is 0.844. The highest BCUT2D eigenvalue weighted by atomic mass is 32.2. The van der Waals surface area contributed by atoms with E-state index < -0.39 is 9.84 Å². The Labute approximate surface area is 111 Å². The minimum absolute atomic E-state index is 0.124. The minimum Gasteiger partial charge on any atom is -0.495 e. The Morgan fingerprint density at radius 3 is 2.74 bits per heavy atom. The van der Waals surface area contributed by atoms with Gasteiger partial charge in [-0.15, -0.1) is 0 Å². The van der Waals surface area contributed by atoms with Gasteiger partial charge in [0.05, 0.1) is 19.1 Å². The molecule has 6 nitrogen and oxygen atoms in total. The van der Waals surface area contributed by atoms with Gasteiger partial charge in [0.1, 0.15) is 10.6 Å². The first-order valence-electron chi connectivity index (χ1n) is 5.56. The van der Waals surface area contributed by atoms with Crippen molar-refractivity contribution in [1.29, 1.82) is 0 Å². The standard InChI is InChI=1S/C12H15N3O3S/c1-15-7-9(6-14-15)8-19(16,17)12-4-3-10(13)5-11(12)18-2/h3-7H,8,13H2,1-2H3. The SMILES string of the molecule is COc1cc(N)ccc1S(=O)(=O)Cc1cnn(C)c1. The predicted octanol–water partition coefficient (Wildman–Crippen LogP) is 0.985. The maximum Gasteiger partial charge on any atom is 0.186 e. The molecule has 0 radical (unpaired) electrons. The Morgan fingerprint density at radius 1 is 1.42 bits per heavy atom. The summed E-state index contributed by atoms with van der Waals surface area (Å²) in [6.45, 7) is 0. The molecule has 0 saturated heterocycles. The molecular weight excluding hydrogens is 266 g/mol. The van der Waals surface area contributed by atoms with Crippen LogP contribution in [0.4, 0.5) is 5.69 Å². The summed E-state index contributed by atoms with van der Waals surface area (Å²) in [6, 6.07) is 4.49. The Morgan fingerprint density at radius 2 is 2.16 bits per heavy atom. The molecule has 1 heterocycles. The van der Waals surface area contributed by atoms with E-state index in [1.54, 1.807) is 24.0 Å². The van der Waals surface area contributed by atoms with E-state index in [1.807, 2.05) is 0 Å². The molecule has 0 amide bonds. The number of rotatable bonds is 4. The third-order valence-electron chi connectivity index (χ3n) is 2.64. The summed E-state index contributed by atoms with van der Waals surface area (Å²) in [6.07, 6.45) is 3.20. The van der Waals surface area contributed by atoms with Crippen LogP contribution in [0.5, 0.6) is 5.75 Å². The smallest absolute Gasteiger partial charge is 0.186 e. The van der Waals surface area contributed by atoms with Gasteiger partial charge in [-0.2, -0.15) is 5.10 Å². The fourth-order valence-corrected chi connectivity index (χ4v) is 3.25.